The minimum absolute atomic E-state index is 0.0612. The van der Waals surface area contributed by atoms with Crippen LogP contribution in [0.3, 0.4) is 0 Å². The van der Waals surface area contributed by atoms with Gasteiger partial charge in [0.2, 0.25) is 0 Å². The van der Waals surface area contributed by atoms with Gasteiger partial charge in [-0.1, -0.05) is 0 Å². The second-order valence-electron chi connectivity index (χ2n) is 3.86. The lowest BCUT2D eigenvalue weighted by Crippen LogP contribution is -2.00. The zero-order valence-corrected chi connectivity index (χ0v) is 10.3. The normalized spacial score (nSPS) is 10.1. The van der Waals surface area contributed by atoms with E-state index < -0.39 is 10.9 Å². The van der Waals surface area contributed by atoms with Gasteiger partial charge in [-0.15, -0.1) is 0 Å². The van der Waals surface area contributed by atoms with Crippen molar-refractivity contribution in [2.24, 2.45) is 0 Å². The lowest BCUT2D eigenvalue weighted by molar-refractivity contribution is -0.386. The highest BCUT2D eigenvalue weighted by atomic mass is 16.6. The molecule has 0 spiro atoms. The molecule has 0 bridgehead atoms. The maximum Gasteiger partial charge on any atom is 0.337 e. The topological polar surface area (TPSA) is 115 Å². The Balaban J connectivity index is 2.40. The van der Waals surface area contributed by atoms with E-state index in [2.05, 4.69) is 9.97 Å². The van der Waals surface area contributed by atoms with Crippen LogP contribution in [0.5, 0.6) is 11.6 Å². The summed E-state index contributed by atoms with van der Waals surface area (Å²) in [5, 5.41) is 19.8. The smallest absolute Gasteiger partial charge is 0.337 e. The Morgan fingerprint density at radius 2 is 2.20 bits per heavy atom. The summed E-state index contributed by atoms with van der Waals surface area (Å²) in [7, 11) is 0. The quantitative estimate of drug-likeness (QED) is 0.671. The summed E-state index contributed by atoms with van der Waals surface area (Å²) in [6, 6.07) is 2.69. The van der Waals surface area contributed by atoms with Crippen LogP contribution in [0.25, 0.3) is 0 Å². The molecule has 0 fully saturated rings. The Kier molecular flexibility index (Phi) is 3.56. The van der Waals surface area contributed by atoms with Gasteiger partial charge >= 0.3 is 11.7 Å². The Morgan fingerprint density at radius 1 is 1.45 bits per heavy atom. The molecule has 2 aromatic rings. The molecular weight excluding hydrogens is 266 g/mol. The average molecular weight is 275 g/mol. The van der Waals surface area contributed by atoms with E-state index in [1.807, 2.05) is 0 Å². The van der Waals surface area contributed by atoms with Crippen molar-refractivity contribution in [2.75, 3.05) is 0 Å². The van der Waals surface area contributed by atoms with Gasteiger partial charge in [0.1, 0.15) is 5.75 Å². The van der Waals surface area contributed by atoms with Crippen molar-refractivity contribution < 1.29 is 19.6 Å². The van der Waals surface area contributed by atoms with Gasteiger partial charge in [-0.05, 0) is 19.1 Å². The van der Waals surface area contributed by atoms with Crippen molar-refractivity contribution in [3.8, 4) is 11.6 Å². The first-order valence-electron chi connectivity index (χ1n) is 5.45. The molecule has 0 saturated carbocycles. The summed E-state index contributed by atoms with van der Waals surface area (Å²) in [5.41, 5.74) is 0.0355. The highest BCUT2D eigenvalue weighted by Crippen LogP contribution is 2.31. The molecule has 0 atom stereocenters. The first-order valence-corrected chi connectivity index (χ1v) is 5.45. The molecule has 20 heavy (non-hydrogen) atoms. The number of pyridine rings is 2. The van der Waals surface area contributed by atoms with Crippen LogP contribution < -0.4 is 4.74 Å². The molecule has 2 aromatic heterocycles. The lowest BCUT2D eigenvalue weighted by atomic mass is 10.2. The fourth-order valence-corrected chi connectivity index (χ4v) is 1.53. The number of carbonyl (C=O) groups is 1. The fourth-order valence-electron chi connectivity index (χ4n) is 1.53. The molecule has 0 amide bonds. The molecule has 8 nitrogen and oxygen atoms in total. The molecule has 2 rings (SSSR count). The van der Waals surface area contributed by atoms with Crippen LogP contribution in [-0.4, -0.2) is 26.0 Å². The zero-order chi connectivity index (χ0) is 14.7. The van der Waals surface area contributed by atoms with E-state index in [4.69, 9.17) is 9.84 Å². The van der Waals surface area contributed by atoms with Crippen molar-refractivity contribution in [2.45, 2.75) is 6.92 Å². The van der Waals surface area contributed by atoms with E-state index >= 15 is 0 Å². The van der Waals surface area contributed by atoms with Crippen LogP contribution in [0.2, 0.25) is 0 Å². The summed E-state index contributed by atoms with van der Waals surface area (Å²) < 4.78 is 5.26. The van der Waals surface area contributed by atoms with E-state index in [9.17, 15) is 14.9 Å². The number of aromatic carboxylic acids is 1. The van der Waals surface area contributed by atoms with Crippen molar-refractivity contribution >= 4 is 11.7 Å². The molecule has 0 aliphatic carbocycles. The minimum atomic E-state index is -1.17. The average Bonchev–Trinajstić information content (AvgIpc) is 2.38. The number of aromatic nitrogens is 2. The van der Waals surface area contributed by atoms with E-state index in [-0.39, 0.29) is 22.9 Å². The van der Waals surface area contributed by atoms with Gasteiger partial charge in [-0.3, -0.25) is 15.1 Å². The van der Waals surface area contributed by atoms with Crippen LogP contribution in [0, 0.1) is 17.0 Å². The van der Waals surface area contributed by atoms with Crippen molar-refractivity contribution in [1.29, 1.82) is 0 Å². The largest absolute Gasteiger partial charge is 0.478 e. The summed E-state index contributed by atoms with van der Waals surface area (Å²) in [6.07, 6.45) is 3.76. The molecule has 0 radical (unpaired) electrons. The van der Waals surface area contributed by atoms with Crippen LogP contribution in [0.4, 0.5) is 5.69 Å². The van der Waals surface area contributed by atoms with Gasteiger partial charge in [0.25, 0.3) is 5.88 Å². The lowest BCUT2D eigenvalue weighted by Gasteiger charge is -2.06. The van der Waals surface area contributed by atoms with Crippen LogP contribution in [0.15, 0.2) is 30.7 Å². The Bertz CT molecular complexity index is 687. The number of nitro groups is 1. The number of aryl methyl sites for hydroxylation is 1. The predicted octanol–water partition coefficient (Wildman–Crippen LogP) is 2.18. The second-order valence-corrected chi connectivity index (χ2v) is 3.86. The molecule has 0 aliphatic rings. The molecule has 2 heterocycles. The van der Waals surface area contributed by atoms with Gasteiger partial charge in [0, 0.05) is 18.0 Å². The first-order chi connectivity index (χ1) is 9.49. The van der Waals surface area contributed by atoms with E-state index in [1.165, 1.54) is 24.5 Å². The number of ether oxygens (including phenoxy) is 1. The maximum atomic E-state index is 11.0. The summed E-state index contributed by atoms with van der Waals surface area (Å²) in [6.45, 7) is 1.55. The Morgan fingerprint density at radius 3 is 2.85 bits per heavy atom. The molecule has 102 valence electrons. The van der Waals surface area contributed by atoms with Crippen LogP contribution in [0.1, 0.15) is 15.9 Å². The highest BCUT2D eigenvalue weighted by molar-refractivity contribution is 5.87. The summed E-state index contributed by atoms with van der Waals surface area (Å²) in [4.78, 5) is 28.7. The standard InChI is InChI=1S/C12H9N3O5/c1-7-2-3-14-11(10(7)15(18)19)20-9-4-8(12(16)17)5-13-6-9/h2-6H,1H3,(H,16,17). The van der Waals surface area contributed by atoms with Crippen molar-refractivity contribution in [1.82, 2.24) is 9.97 Å². The number of hydrogen-bond acceptors (Lipinski definition) is 6. The number of hydrogen-bond donors (Lipinski definition) is 1. The Labute approximate surface area is 112 Å². The van der Waals surface area contributed by atoms with Crippen molar-refractivity contribution in [3.05, 3.63) is 52.0 Å². The van der Waals surface area contributed by atoms with Crippen LogP contribution in [-0.2, 0) is 0 Å². The van der Waals surface area contributed by atoms with Gasteiger partial charge in [0.15, 0.2) is 0 Å². The molecule has 1 N–H and O–H groups in total. The number of carboxylic acids is 1. The summed E-state index contributed by atoms with van der Waals surface area (Å²) >= 11 is 0. The number of rotatable bonds is 4. The summed E-state index contributed by atoms with van der Waals surface area (Å²) in [5.74, 6) is -1.32. The molecular formula is C12H9N3O5. The third-order valence-corrected chi connectivity index (χ3v) is 2.45. The predicted molar refractivity (Wildman–Crippen MR) is 66.9 cm³/mol. The minimum Gasteiger partial charge on any atom is -0.478 e. The molecule has 0 aromatic carbocycles. The fraction of sp³-hybridized carbons (Fsp3) is 0.0833. The number of nitrogens with zero attached hydrogens (tertiary/aromatic N) is 3. The van der Waals surface area contributed by atoms with E-state index in [0.29, 0.717) is 5.56 Å². The van der Waals surface area contributed by atoms with E-state index in [1.54, 1.807) is 6.92 Å². The highest BCUT2D eigenvalue weighted by Gasteiger charge is 2.21. The van der Waals surface area contributed by atoms with Gasteiger partial charge < -0.3 is 9.84 Å². The zero-order valence-electron chi connectivity index (χ0n) is 10.3. The molecule has 0 saturated heterocycles. The third kappa shape index (κ3) is 2.69. The molecule has 0 aliphatic heterocycles. The van der Waals surface area contributed by atoms with Gasteiger partial charge in [0.05, 0.1) is 16.7 Å². The third-order valence-electron chi connectivity index (χ3n) is 2.45. The number of carboxylic acid groups (broad SMARTS) is 1. The van der Waals surface area contributed by atoms with Gasteiger partial charge in [-0.2, -0.15) is 0 Å². The van der Waals surface area contributed by atoms with Gasteiger partial charge in [-0.25, -0.2) is 9.78 Å². The second kappa shape index (κ2) is 5.31. The first kappa shape index (κ1) is 13.4. The Hall–Kier alpha value is -3.03. The van der Waals surface area contributed by atoms with Crippen molar-refractivity contribution in [3.63, 3.8) is 0 Å². The monoisotopic (exact) mass is 275 g/mol. The van der Waals surface area contributed by atoms with E-state index in [0.717, 1.165) is 6.20 Å². The van der Waals surface area contributed by atoms with Crippen LogP contribution >= 0.6 is 0 Å². The maximum absolute atomic E-state index is 11.0. The SMILES string of the molecule is Cc1ccnc(Oc2cncc(C(=O)O)c2)c1[N+](=O)[O-]. The molecule has 8 heteroatoms. The molecule has 0 unspecified atom stereocenters.